The number of nitrogens with zero attached hydrogens (tertiary/aromatic N) is 3. The minimum Gasteiger partial charge on any atom is -0.360 e. The molecule has 2 heterocycles. The Morgan fingerprint density at radius 1 is 1.33 bits per heavy atom. The van der Waals surface area contributed by atoms with E-state index < -0.39 is 0 Å². The molecule has 0 aliphatic rings. The van der Waals surface area contributed by atoms with Crippen molar-refractivity contribution in [2.75, 3.05) is 11.1 Å². The molecule has 24 heavy (non-hydrogen) atoms. The highest BCUT2D eigenvalue weighted by Gasteiger charge is 2.13. The van der Waals surface area contributed by atoms with Gasteiger partial charge in [-0.25, -0.2) is 4.98 Å². The van der Waals surface area contributed by atoms with Gasteiger partial charge in [-0.05, 0) is 19.4 Å². The van der Waals surface area contributed by atoms with Crippen LogP contribution in [0.5, 0.6) is 0 Å². The van der Waals surface area contributed by atoms with Crippen molar-refractivity contribution in [1.29, 1.82) is 0 Å². The number of thioether (sulfide) groups is 1. The van der Waals surface area contributed by atoms with Crippen LogP contribution in [0.2, 0.25) is 0 Å². The van der Waals surface area contributed by atoms with E-state index in [0.29, 0.717) is 11.6 Å². The van der Waals surface area contributed by atoms with Gasteiger partial charge < -0.3 is 14.4 Å². The van der Waals surface area contributed by atoms with Crippen LogP contribution in [0.4, 0.5) is 5.82 Å². The average molecular weight is 342 g/mol. The van der Waals surface area contributed by atoms with Crippen molar-refractivity contribution in [2.24, 2.45) is 0 Å². The van der Waals surface area contributed by atoms with Crippen LogP contribution in [-0.2, 0) is 11.3 Å². The first-order valence-corrected chi connectivity index (χ1v) is 8.63. The average Bonchev–Trinajstić information content (AvgIpc) is 3.19. The molecule has 0 saturated carbocycles. The molecule has 0 aliphatic carbocycles. The Hall–Kier alpha value is -2.54. The lowest BCUT2D eigenvalue weighted by atomic mass is 10.2. The van der Waals surface area contributed by atoms with E-state index in [-0.39, 0.29) is 11.7 Å². The number of rotatable bonds is 6. The molecule has 0 aliphatic heterocycles. The van der Waals surface area contributed by atoms with Gasteiger partial charge >= 0.3 is 0 Å². The third kappa shape index (κ3) is 3.68. The second-order valence-corrected chi connectivity index (χ2v) is 6.14. The molecule has 7 heteroatoms. The molecule has 1 amide bonds. The molecule has 0 spiro atoms. The number of benzene rings is 1. The largest absolute Gasteiger partial charge is 0.360 e. The number of carbonyl (C=O) groups excluding carboxylic acids is 1. The summed E-state index contributed by atoms with van der Waals surface area (Å²) in [5.74, 6) is 1.21. The van der Waals surface area contributed by atoms with Crippen LogP contribution in [0.3, 0.4) is 0 Å². The summed E-state index contributed by atoms with van der Waals surface area (Å²) < 4.78 is 7.03. The number of imidazole rings is 1. The Morgan fingerprint density at radius 2 is 2.12 bits per heavy atom. The van der Waals surface area contributed by atoms with Crippen LogP contribution in [-0.4, -0.2) is 26.4 Å². The van der Waals surface area contributed by atoms with E-state index in [4.69, 9.17) is 4.52 Å². The van der Waals surface area contributed by atoms with Gasteiger partial charge in [0.05, 0.1) is 17.6 Å². The number of hydrogen-bond acceptors (Lipinski definition) is 5. The van der Waals surface area contributed by atoms with E-state index in [2.05, 4.69) is 39.1 Å². The predicted octanol–water partition coefficient (Wildman–Crippen LogP) is 3.60. The van der Waals surface area contributed by atoms with Crippen molar-refractivity contribution in [3.63, 3.8) is 0 Å². The molecular formula is C17H18N4O2S. The van der Waals surface area contributed by atoms with Crippen molar-refractivity contribution in [1.82, 2.24) is 14.7 Å². The minimum atomic E-state index is -0.139. The Kier molecular flexibility index (Phi) is 5.00. The topological polar surface area (TPSA) is 73.0 Å². The predicted molar refractivity (Wildman–Crippen MR) is 93.9 cm³/mol. The highest BCUT2D eigenvalue weighted by atomic mass is 32.2. The smallest absolute Gasteiger partial charge is 0.236 e. The molecule has 0 bridgehead atoms. The van der Waals surface area contributed by atoms with Crippen LogP contribution < -0.4 is 5.32 Å². The minimum absolute atomic E-state index is 0.139. The van der Waals surface area contributed by atoms with Crippen LogP contribution in [0.1, 0.15) is 12.7 Å². The summed E-state index contributed by atoms with van der Waals surface area (Å²) in [4.78, 5) is 16.5. The Morgan fingerprint density at radius 3 is 2.79 bits per heavy atom. The number of carbonyl (C=O) groups is 1. The monoisotopic (exact) mass is 342 g/mol. The molecule has 0 saturated heterocycles. The fraction of sp³-hybridized carbons (Fsp3) is 0.235. The summed E-state index contributed by atoms with van der Waals surface area (Å²) in [6, 6.07) is 11.8. The normalized spacial score (nSPS) is 10.8. The quantitative estimate of drug-likeness (QED) is 0.693. The van der Waals surface area contributed by atoms with Crippen molar-refractivity contribution < 1.29 is 9.32 Å². The van der Waals surface area contributed by atoms with E-state index in [0.717, 1.165) is 23.0 Å². The first kappa shape index (κ1) is 16.3. The zero-order valence-electron chi connectivity index (χ0n) is 13.5. The first-order chi connectivity index (χ1) is 11.7. The second-order valence-electron chi connectivity index (χ2n) is 5.20. The van der Waals surface area contributed by atoms with Gasteiger partial charge in [-0.1, -0.05) is 47.3 Å². The molecule has 0 unspecified atom stereocenters. The van der Waals surface area contributed by atoms with Crippen molar-refractivity contribution in [2.45, 2.75) is 25.5 Å². The molecule has 0 atom stereocenters. The number of nitrogens with one attached hydrogen (secondary N) is 1. The third-order valence-electron chi connectivity index (χ3n) is 3.43. The third-order valence-corrected chi connectivity index (χ3v) is 4.42. The van der Waals surface area contributed by atoms with Gasteiger partial charge in [0.1, 0.15) is 5.76 Å². The maximum absolute atomic E-state index is 12.0. The molecule has 0 radical (unpaired) electrons. The number of hydrogen-bond donors (Lipinski definition) is 1. The van der Waals surface area contributed by atoms with E-state index in [1.807, 2.05) is 24.4 Å². The second kappa shape index (κ2) is 7.35. The molecule has 0 fully saturated rings. The zero-order valence-corrected chi connectivity index (χ0v) is 14.3. The fourth-order valence-corrected chi connectivity index (χ4v) is 3.20. The van der Waals surface area contributed by atoms with Crippen molar-refractivity contribution >= 4 is 23.5 Å². The molecule has 2 aromatic heterocycles. The number of amides is 1. The maximum atomic E-state index is 12.0. The molecule has 124 valence electrons. The van der Waals surface area contributed by atoms with Gasteiger partial charge in [-0.2, -0.15) is 0 Å². The van der Waals surface area contributed by atoms with Gasteiger partial charge in [0.2, 0.25) is 5.91 Å². The lowest BCUT2D eigenvalue weighted by molar-refractivity contribution is -0.113. The number of aryl methyl sites for hydroxylation is 1. The maximum Gasteiger partial charge on any atom is 0.236 e. The lowest BCUT2D eigenvalue weighted by Gasteiger charge is -2.09. The SMILES string of the molecule is CCn1c(-c2ccccc2)cnc1SCC(=O)Nc1cc(C)on1. The summed E-state index contributed by atoms with van der Waals surface area (Å²) in [7, 11) is 0. The van der Waals surface area contributed by atoms with Crippen molar-refractivity contribution in [3.05, 3.63) is 48.4 Å². The summed E-state index contributed by atoms with van der Waals surface area (Å²) in [6.45, 7) is 4.63. The van der Waals surface area contributed by atoms with Gasteiger partial charge in [0.15, 0.2) is 11.0 Å². The Bertz CT molecular complexity index is 826. The summed E-state index contributed by atoms with van der Waals surface area (Å²) in [6.07, 6.45) is 1.85. The molecular weight excluding hydrogens is 324 g/mol. The number of anilines is 1. The molecule has 1 aromatic carbocycles. The summed E-state index contributed by atoms with van der Waals surface area (Å²) >= 11 is 1.40. The number of aromatic nitrogens is 3. The lowest BCUT2D eigenvalue weighted by Crippen LogP contribution is -2.14. The molecule has 6 nitrogen and oxygen atoms in total. The van der Waals surface area contributed by atoms with Crippen LogP contribution >= 0.6 is 11.8 Å². The summed E-state index contributed by atoms with van der Waals surface area (Å²) in [5.41, 5.74) is 2.16. The highest BCUT2D eigenvalue weighted by Crippen LogP contribution is 2.26. The van der Waals surface area contributed by atoms with Gasteiger partial charge in [0, 0.05) is 12.6 Å². The van der Waals surface area contributed by atoms with Crippen LogP contribution in [0.15, 0.2) is 52.3 Å². The molecule has 1 N–H and O–H groups in total. The van der Waals surface area contributed by atoms with Gasteiger partial charge in [0.25, 0.3) is 0 Å². The first-order valence-electron chi connectivity index (χ1n) is 7.64. The van der Waals surface area contributed by atoms with E-state index in [9.17, 15) is 4.79 Å². The van der Waals surface area contributed by atoms with E-state index >= 15 is 0 Å². The molecule has 3 rings (SSSR count). The van der Waals surface area contributed by atoms with E-state index in [1.54, 1.807) is 13.0 Å². The van der Waals surface area contributed by atoms with Crippen molar-refractivity contribution in [3.8, 4) is 11.3 Å². The van der Waals surface area contributed by atoms with Crippen LogP contribution in [0, 0.1) is 6.92 Å². The van der Waals surface area contributed by atoms with Gasteiger partial charge in [-0.15, -0.1) is 0 Å². The standard InChI is InChI=1S/C17H18N4O2S/c1-3-21-14(13-7-5-4-6-8-13)10-18-17(21)24-11-16(22)19-15-9-12(2)23-20-15/h4-10H,3,11H2,1-2H3,(H,19,20,22). The Balaban J connectivity index is 1.67. The van der Waals surface area contributed by atoms with Crippen LogP contribution in [0.25, 0.3) is 11.3 Å². The Labute approximate surface area is 144 Å². The summed E-state index contributed by atoms with van der Waals surface area (Å²) in [5, 5.41) is 7.28. The molecule has 3 aromatic rings. The zero-order chi connectivity index (χ0) is 16.9. The van der Waals surface area contributed by atoms with E-state index in [1.165, 1.54) is 11.8 Å². The fourth-order valence-electron chi connectivity index (χ4n) is 2.35. The van der Waals surface area contributed by atoms with Gasteiger partial charge in [-0.3, -0.25) is 4.79 Å². The highest BCUT2D eigenvalue weighted by molar-refractivity contribution is 7.99.